The normalized spacial score (nSPS) is 10.4. The summed E-state index contributed by atoms with van der Waals surface area (Å²) in [6.07, 6.45) is 1.73. The van der Waals surface area contributed by atoms with E-state index >= 15 is 0 Å². The van der Waals surface area contributed by atoms with Crippen molar-refractivity contribution in [2.24, 2.45) is 0 Å². The van der Waals surface area contributed by atoms with Gasteiger partial charge in [-0.3, -0.25) is 4.79 Å². The Labute approximate surface area is 151 Å². The lowest BCUT2D eigenvalue weighted by atomic mass is 10.2. The highest BCUT2D eigenvalue weighted by Gasteiger charge is 2.16. The van der Waals surface area contributed by atoms with E-state index in [4.69, 9.17) is 4.42 Å². The molecule has 1 aromatic carbocycles. The highest BCUT2D eigenvalue weighted by atomic mass is 32.2. The fourth-order valence-corrected chi connectivity index (χ4v) is 3.61. The van der Waals surface area contributed by atoms with Crippen LogP contribution in [-0.2, 0) is 4.79 Å². The number of nitrogens with one attached hydrogen (secondary N) is 2. The summed E-state index contributed by atoms with van der Waals surface area (Å²) >= 11 is 2.64. The average Bonchev–Trinajstić information content (AvgIpc) is 3.23. The van der Waals surface area contributed by atoms with Gasteiger partial charge in [0.25, 0.3) is 0 Å². The van der Waals surface area contributed by atoms with Crippen molar-refractivity contribution in [3.05, 3.63) is 42.7 Å². The van der Waals surface area contributed by atoms with E-state index in [2.05, 4.69) is 27.4 Å². The fraction of sp³-hybridized carbons (Fsp3) is 0.125. The molecule has 7 nitrogen and oxygen atoms in total. The van der Waals surface area contributed by atoms with E-state index in [-0.39, 0.29) is 17.4 Å². The Morgan fingerprint density at radius 2 is 2.28 bits per heavy atom. The highest BCUT2D eigenvalue weighted by molar-refractivity contribution is 8.01. The first-order valence-corrected chi connectivity index (χ1v) is 9.04. The van der Waals surface area contributed by atoms with E-state index in [9.17, 15) is 10.1 Å². The second kappa shape index (κ2) is 7.83. The second-order valence-corrected chi connectivity index (χ2v) is 6.99. The molecule has 0 unspecified atom stereocenters. The van der Waals surface area contributed by atoms with Crippen molar-refractivity contribution in [1.82, 2.24) is 10.2 Å². The van der Waals surface area contributed by atoms with Gasteiger partial charge in [-0.15, -0.1) is 16.8 Å². The molecule has 0 spiro atoms. The van der Waals surface area contributed by atoms with Crippen LogP contribution >= 0.6 is 23.1 Å². The number of furan rings is 1. The van der Waals surface area contributed by atoms with Gasteiger partial charge in [-0.1, -0.05) is 41.3 Å². The molecule has 2 aromatic heterocycles. The molecule has 25 heavy (non-hydrogen) atoms. The molecule has 0 fully saturated rings. The Morgan fingerprint density at radius 1 is 1.44 bits per heavy atom. The van der Waals surface area contributed by atoms with Crippen molar-refractivity contribution in [2.45, 2.75) is 4.34 Å². The zero-order valence-corrected chi connectivity index (χ0v) is 14.6. The Hall–Kier alpha value is -2.83. The van der Waals surface area contributed by atoms with E-state index in [0.29, 0.717) is 32.7 Å². The maximum atomic E-state index is 12.2. The molecule has 0 bridgehead atoms. The molecule has 1 amide bonds. The fourth-order valence-electron chi connectivity index (χ4n) is 2.05. The molecule has 0 radical (unpaired) electrons. The molecule has 0 atom stereocenters. The maximum Gasteiger partial charge on any atom is 0.234 e. The molecule has 2 heterocycles. The van der Waals surface area contributed by atoms with Crippen LogP contribution in [-0.4, -0.2) is 28.4 Å². The molecule has 0 aliphatic rings. The van der Waals surface area contributed by atoms with Crippen LogP contribution in [0.15, 0.2) is 45.7 Å². The van der Waals surface area contributed by atoms with Gasteiger partial charge in [0.05, 0.1) is 5.75 Å². The molecule has 3 aromatic rings. The van der Waals surface area contributed by atoms with Gasteiger partial charge in [-0.2, -0.15) is 5.26 Å². The van der Waals surface area contributed by atoms with Crippen LogP contribution in [0.2, 0.25) is 0 Å². The quantitative estimate of drug-likeness (QED) is 0.484. The van der Waals surface area contributed by atoms with Crippen molar-refractivity contribution < 1.29 is 9.21 Å². The van der Waals surface area contributed by atoms with E-state index in [1.165, 1.54) is 23.1 Å². The third kappa shape index (κ3) is 3.99. The smallest absolute Gasteiger partial charge is 0.234 e. The number of rotatable bonds is 7. The molecule has 0 aliphatic carbocycles. The first-order chi connectivity index (χ1) is 12.2. The van der Waals surface area contributed by atoms with Crippen molar-refractivity contribution in [3.8, 4) is 6.07 Å². The van der Waals surface area contributed by atoms with E-state index < -0.39 is 0 Å². The predicted octanol–water partition coefficient (Wildman–Crippen LogP) is 3.48. The van der Waals surface area contributed by atoms with Crippen molar-refractivity contribution in [2.75, 3.05) is 22.9 Å². The number of hydrogen-bond donors (Lipinski definition) is 2. The third-order valence-corrected chi connectivity index (χ3v) is 5.11. The minimum absolute atomic E-state index is 0.0892. The predicted molar refractivity (Wildman–Crippen MR) is 98.9 cm³/mol. The number of nitrogens with zero attached hydrogens (tertiary/aromatic N) is 3. The summed E-state index contributed by atoms with van der Waals surface area (Å²) in [6, 6.07) is 9.14. The zero-order chi connectivity index (χ0) is 17.6. The number of aromatic nitrogens is 2. The van der Waals surface area contributed by atoms with Gasteiger partial charge in [-0.05, 0) is 12.1 Å². The minimum Gasteiger partial charge on any atom is -0.443 e. The summed E-state index contributed by atoms with van der Waals surface area (Å²) in [4.78, 5) is 12.2. The minimum atomic E-state index is -0.246. The molecule has 0 aliphatic heterocycles. The lowest BCUT2D eigenvalue weighted by Crippen LogP contribution is -2.14. The van der Waals surface area contributed by atoms with E-state index in [0.717, 1.165) is 0 Å². The van der Waals surface area contributed by atoms with Gasteiger partial charge in [0.15, 0.2) is 4.34 Å². The van der Waals surface area contributed by atoms with Crippen LogP contribution < -0.4 is 10.6 Å². The van der Waals surface area contributed by atoms with Crippen LogP contribution in [0.5, 0.6) is 0 Å². The number of para-hydroxylation sites is 1. The lowest BCUT2D eigenvalue weighted by molar-refractivity contribution is -0.113. The highest BCUT2D eigenvalue weighted by Crippen LogP contribution is 2.31. The Balaban J connectivity index is 1.64. The summed E-state index contributed by atoms with van der Waals surface area (Å²) in [5.41, 5.74) is 0.957. The zero-order valence-electron chi connectivity index (χ0n) is 13.0. The number of carbonyl (C=O) groups excluding carboxylic acids is 1. The first-order valence-electron chi connectivity index (χ1n) is 7.24. The summed E-state index contributed by atoms with van der Waals surface area (Å²) in [6.45, 7) is 4.22. The second-order valence-electron chi connectivity index (χ2n) is 4.79. The van der Waals surface area contributed by atoms with Crippen LogP contribution in [0, 0.1) is 11.3 Å². The van der Waals surface area contributed by atoms with Gasteiger partial charge in [0.2, 0.25) is 16.8 Å². The summed E-state index contributed by atoms with van der Waals surface area (Å²) in [5.74, 6) is -0.00395. The van der Waals surface area contributed by atoms with Gasteiger partial charge < -0.3 is 15.1 Å². The Bertz CT molecular complexity index is 957. The molecule has 2 N–H and O–H groups in total. The van der Waals surface area contributed by atoms with E-state index in [1.807, 2.05) is 18.2 Å². The number of nitriles is 1. The van der Waals surface area contributed by atoms with Crippen molar-refractivity contribution in [1.29, 1.82) is 5.26 Å². The largest absolute Gasteiger partial charge is 0.443 e. The molecule has 9 heteroatoms. The lowest BCUT2D eigenvalue weighted by Gasteiger charge is -2.02. The third-order valence-electron chi connectivity index (χ3n) is 3.09. The van der Waals surface area contributed by atoms with Crippen molar-refractivity contribution >= 4 is 50.8 Å². The summed E-state index contributed by atoms with van der Waals surface area (Å²) < 4.78 is 6.11. The average molecular weight is 371 g/mol. The molecule has 3 rings (SSSR count). The monoisotopic (exact) mass is 371 g/mol. The molecule has 0 saturated carbocycles. The molecule has 126 valence electrons. The van der Waals surface area contributed by atoms with Crippen LogP contribution in [0.1, 0.15) is 5.76 Å². The van der Waals surface area contributed by atoms with E-state index in [1.54, 1.807) is 18.2 Å². The number of fused-ring (bicyclic) bond motifs is 1. The Kier molecular flexibility index (Phi) is 5.33. The van der Waals surface area contributed by atoms with Gasteiger partial charge in [0, 0.05) is 11.9 Å². The van der Waals surface area contributed by atoms with Gasteiger partial charge in [0.1, 0.15) is 17.3 Å². The van der Waals surface area contributed by atoms with Gasteiger partial charge >= 0.3 is 0 Å². The summed E-state index contributed by atoms with van der Waals surface area (Å²) in [5, 5.41) is 24.3. The number of amides is 1. The number of carbonyl (C=O) groups is 1. The standard InChI is InChI=1S/C16H13N5O2S2/c1-2-7-18-15-20-21-16(25-15)24-9-13(22)19-14-10-5-3-4-6-11(10)23-12(14)8-17/h2-6H,1,7,9H2,(H,18,20)(H,19,22). The SMILES string of the molecule is C=CCNc1nnc(SCC(=O)Nc2c(C#N)oc3ccccc23)s1. The molecule has 0 saturated heterocycles. The molecular formula is C16H13N5O2S2. The summed E-state index contributed by atoms with van der Waals surface area (Å²) in [7, 11) is 0. The van der Waals surface area contributed by atoms with Gasteiger partial charge in [-0.25, -0.2) is 0 Å². The van der Waals surface area contributed by atoms with Crippen LogP contribution in [0.4, 0.5) is 10.8 Å². The Morgan fingerprint density at radius 3 is 3.08 bits per heavy atom. The number of thioether (sulfide) groups is 1. The molecular weight excluding hydrogens is 358 g/mol. The number of anilines is 2. The van der Waals surface area contributed by atoms with Crippen LogP contribution in [0.3, 0.4) is 0 Å². The number of benzene rings is 1. The van der Waals surface area contributed by atoms with Crippen LogP contribution in [0.25, 0.3) is 11.0 Å². The van der Waals surface area contributed by atoms with Crippen molar-refractivity contribution in [3.63, 3.8) is 0 Å². The maximum absolute atomic E-state index is 12.2. The first kappa shape index (κ1) is 17.0. The topological polar surface area (TPSA) is 104 Å². The number of hydrogen-bond acceptors (Lipinski definition) is 8.